The predicted molar refractivity (Wildman–Crippen MR) is 48.8 cm³/mol. The highest BCUT2D eigenvalue weighted by atomic mass is 19.1. The second kappa shape index (κ2) is 3.05. The summed E-state index contributed by atoms with van der Waals surface area (Å²) in [6.45, 7) is 1.89. The number of furan rings is 1. The van der Waals surface area contributed by atoms with E-state index in [1.807, 2.05) is 13.0 Å². The molecule has 0 atom stereocenters. The van der Waals surface area contributed by atoms with Crippen molar-refractivity contribution in [3.8, 4) is 11.1 Å². The lowest BCUT2D eigenvalue weighted by atomic mass is 10.1. The van der Waals surface area contributed by atoms with Crippen LogP contribution < -0.4 is 0 Å². The van der Waals surface area contributed by atoms with E-state index in [-0.39, 0.29) is 5.82 Å². The molecule has 2 aromatic rings. The number of rotatable bonds is 1. The predicted octanol–water partition coefficient (Wildman–Crippen LogP) is 3.39. The third-order valence-electron chi connectivity index (χ3n) is 2.01. The SMILES string of the molecule is Cc1occc1-c1ccc(F)cc1. The van der Waals surface area contributed by atoms with Gasteiger partial charge in [0.25, 0.3) is 0 Å². The summed E-state index contributed by atoms with van der Waals surface area (Å²) >= 11 is 0. The summed E-state index contributed by atoms with van der Waals surface area (Å²) in [7, 11) is 0. The first-order chi connectivity index (χ1) is 6.27. The average Bonchev–Trinajstić information content (AvgIpc) is 2.53. The van der Waals surface area contributed by atoms with E-state index >= 15 is 0 Å². The summed E-state index contributed by atoms with van der Waals surface area (Å²) in [4.78, 5) is 0. The summed E-state index contributed by atoms with van der Waals surface area (Å²) in [5, 5.41) is 0. The van der Waals surface area contributed by atoms with Gasteiger partial charge >= 0.3 is 0 Å². The number of benzene rings is 1. The molecule has 66 valence electrons. The normalized spacial score (nSPS) is 10.3. The van der Waals surface area contributed by atoms with E-state index in [1.165, 1.54) is 12.1 Å². The Balaban J connectivity index is 2.47. The van der Waals surface area contributed by atoms with Crippen molar-refractivity contribution in [2.24, 2.45) is 0 Å². The van der Waals surface area contributed by atoms with Gasteiger partial charge in [0.2, 0.25) is 0 Å². The average molecular weight is 176 g/mol. The number of hydrogen-bond donors (Lipinski definition) is 0. The molecule has 0 saturated carbocycles. The van der Waals surface area contributed by atoms with E-state index in [9.17, 15) is 4.39 Å². The van der Waals surface area contributed by atoms with Gasteiger partial charge in [-0.2, -0.15) is 0 Å². The molecule has 0 spiro atoms. The van der Waals surface area contributed by atoms with Gasteiger partial charge in [-0.05, 0) is 30.7 Å². The van der Waals surface area contributed by atoms with Crippen LogP contribution in [0.3, 0.4) is 0 Å². The van der Waals surface area contributed by atoms with Gasteiger partial charge < -0.3 is 4.42 Å². The molecule has 1 aromatic heterocycles. The van der Waals surface area contributed by atoms with Gasteiger partial charge in [0.05, 0.1) is 6.26 Å². The molecule has 1 aromatic carbocycles. The van der Waals surface area contributed by atoms with E-state index in [0.29, 0.717) is 0 Å². The summed E-state index contributed by atoms with van der Waals surface area (Å²) in [5.74, 6) is 0.636. The molecule has 2 rings (SSSR count). The quantitative estimate of drug-likeness (QED) is 0.649. The van der Waals surface area contributed by atoms with Crippen LogP contribution in [0.1, 0.15) is 5.76 Å². The molecule has 0 N–H and O–H groups in total. The minimum atomic E-state index is -0.218. The van der Waals surface area contributed by atoms with Crippen LogP contribution in [0, 0.1) is 12.7 Å². The summed E-state index contributed by atoms with van der Waals surface area (Å²) < 4.78 is 17.8. The molecule has 0 radical (unpaired) electrons. The van der Waals surface area contributed by atoms with Gasteiger partial charge in [-0.1, -0.05) is 12.1 Å². The van der Waals surface area contributed by atoms with Gasteiger partial charge in [-0.3, -0.25) is 0 Å². The van der Waals surface area contributed by atoms with E-state index < -0.39 is 0 Å². The zero-order chi connectivity index (χ0) is 9.26. The highest BCUT2D eigenvalue weighted by Crippen LogP contribution is 2.23. The number of aryl methyl sites for hydroxylation is 1. The maximum atomic E-state index is 12.6. The van der Waals surface area contributed by atoms with Crippen molar-refractivity contribution >= 4 is 0 Å². The Morgan fingerprint density at radius 3 is 2.31 bits per heavy atom. The zero-order valence-corrected chi connectivity index (χ0v) is 7.25. The monoisotopic (exact) mass is 176 g/mol. The van der Waals surface area contributed by atoms with Crippen LogP contribution in [0.5, 0.6) is 0 Å². The van der Waals surface area contributed by atoms with Gasteiger partial charge in [-0.15, -0.1) is 0 Å². The van der Waals surface area contributed by atoms with Crippen molar-refractivity contribution in [2.75, 3.05) is 0 Å². The van der Waals surface area contributed by atoms with Crippen LogP contribution in [0.25, 0.3) is 11.1 Å². The van der Waals surface area contributed by atoms with Gasteiger partial charge in [-0.25, -0.2) is 4.39 Å². The molecule has 0 unspecified atom stereocenters. The first kappa shape index (κ1) is 8.05. The fourth-order valence-electron chi connectivity index (χ4n) is 1.31. The summed E-state index contributed by atoms with van der Waals surface area (Å²) in [6, 6.07) is 8.26. The van der Waals surface area contributed by atoms with E-state index in [2.05, 4.69) is 0 Å². The largest absolute Gasteiger partial charge is 0.469 e. The summed E-state index contributed by atoms with van der Waals surface area (Å²) in [6.07, 6.45) is 1.63. The lowest BCUT2D eigenvalue weighted by Gasteiger charge is -1.97. The molecule has 0 aliphatic heterocycles. The molecule has 0 aliphatic carbocycles. The molecular weight excluding hydrogens is 167 g/mol. The van der Waals surface area contributed by atoms with Crippen molar-refractivity contribution in [3.05, 3.63) is 48.2 Å². The highest BCUT2D eigenvalue weighted by Gasteiger charge is 2.03. The maximum absolute atomic E-state index is 12.6. The Bertz CT molecular complexity index is 400. The van der Waals surface area contributed by atoms with E-state index in [1.54, 1.807) is 18.4 Å². The lowest BCUT2D eigenvalue weighted by molar-refractivity contribution is 0.535. The van der Waals surface area contributed by atoms with E-state index in [4.69, 9.17) is 4.42 Å². The Hall–Kier alpha value is -1.57. The van der Waals surface area contributed by atoms with Crippen LogP contribution in [0.15, 0.2) is 41.0 Å². The third kappa shape index (κ3) is 1.47. The van der Waals surface area contributed by atoms with Crippen LogP contribution in [0.4, 0.5) is 4.39 Å². The Morgan fingerprint density at radius 2 is 1.77 bits per heavy atom. The molecule has 2 heteroatoms. The first-order valence-corrected chi connectivity index (χ1v) is 4.07. The second-order valence-electron chi connectivity index (χ2n) is 2.90. The highest BCUT2D eigenvalue weighted by molar-refractivity contribution is 5.64. The zero-order valence-electron chi connectivity index (χ0n) is 7.25. The van der Waals surface area contributed by atoms with Crippen LogP contribution in [-0.2, 0) is 0 Å². The molecule has 13 heavy (non-hydrogen) atoms. The van der Waals surface area contributed by atoms with Crippen LogP contribution in [0.2, 0.25) is 0 Å². The molecule has 0 amide bonds. The molecule has 0 aliphatic rings. The Kier molecular flexibility index (Phi) is 1.89. The van der Waals surface area contributed by atoms with Crippen molar-refractivity contribution in [1.82, 2.24) is 0 Å². The first-order valence-electron chi connectivity index (χ1n) is 4.07. The minimum Gasteiger partial charge on any atom is -0.469 e. The summed E-state index contributed by atoms with van der Waals surface area (Å²) in [5.41, 5.74) is 1.99. The molecular formula is C11H9FO. The van der Waals surface area contributed by atoms with Crippen LogP contribution >= 0.6 is 0 Å². The smallest absolute Gasteiger partial charge is 0.123 e. The lowest BCUT2D eigenvalue weighted by Crippen LogP contribution is -1.78. The molecule has 0 saturated heterocycles. The van der Waals surface area contributed by atoms with Gasteiger partial charge in [0, 0.05) is 5.56 Å². The standard InChI is InChI=1S/C11H9FO/c1-8-11(6-7-13-8)9-2-4-10(12)5-3-9/h2-7H,1H3. The Morgan fingerprint density at radius 1 is 1.08 bits per heavy atom. The molecule has 0 fully saturated rings. The van der Waals surface area contributed by atoms with Gasteiger partial charge in [0.15, 0.2) is 0 Å². The van der Waals surface area contributed by atoms with Crippen molar-refractivity contribution in [2.45, 2.75) is 6.92 Å². The van der Waals surface area contributed by atoms with Crippen molar-refractivity contribution in [3.63, 3.8) is 0 Å². The minimum absolute atomic E-state index is 0.218. The fourth-order valence-corrected chi connectivity index (χ4v) is 1.31. The second-order valence-corrected chi connectivity index (χ2v) is 2.90. The van der Waals surface area contributed by atoms with Crippen molar-refractivity contribution < 1.29 is 8.81 Å². The van der Waals surface area contributed by atoms with Gasteiger partial charge in [0.1, 0.15) is 11.6 Å². The Labute approximate surface area is 75.8 Å². The fraction of sp³-hybridized carbons (Fsp3) is 0.0909. The number of hydrogen-bond acceptors (Lipinski definition) is 1. The van der Waals surface area contributed by atoms with Crippen LogP contribution in [-0.4, -0.2) is 0 Å². The third-order valence-corrected chi connectivity index (χ3v) is 2.01. The van der Waals surface area contributed by atoms with Crippen molar-refractivity contribution in [1.29, 1.82) is 0 Å². The maximum Gasteiger partial charge on any atom is 0.123 e. The topological polar surface area (TPSA) is 13.1 Å². The van der Waals surface area contributed by atoms with E-state index in [0.717, 1.165) is 16.9 Å². The molecule has 1 nitrogen and oxygen atoms in total. The molecule has 1 heterocycles. The molecule has 0 bridgehead atoms. The number of halogens is 1.